The van der Waals surface area contributed by atoms with Gasteiger partial charge in [0, 0.05) is 5.75 Å². The highest BCUT2D eigenvalue weighted by Gasteiger charge is 2.45. The lowest BCUT2D eigenvalue weighted by Crippen LogP contribution is -2.33. The van der Waals surface area contributed by atoms with Gasteiger partial charge in [0.1, 0.15) is 24.4 Å². The second kappa shape index (κ2) is 5.75. The topological polar surface area (TPSA) is 119 Å². The number of nitrogen functional groups attached to an aromatic ring is 1. The number of hydrogen-bond acceptors (Lipinski definition) is 7. The van der Waals surface area contributed by atoms with Gasteiger partial charge >= 0.3 is 0 Å². The number of imidazole rings is 1. The van der Waals surface area contributed by atoms with E-state index in [1.807, 2.05) is 12.5 Å². The van der Waals surface area contributed by atoms with Crippen LogP contribution in [0.2, 0.25) is 0 Å². The van der Waals surface area contributed by atoms with Crippen LogP contribution in [-0.2, 0) is 4.74 Å². The van der Waals surface area contributed by atoms with Crippen LogP contribution in [0.4, 0.5) is 5.82 Å². The Balaban J connectivity index is 1.99. The van der Waals surface area contributed by atoms with Crippen LogP contribution in [0.1, 0.15) is 12.1 Å². The van der Waals surface area contributed by atoms with E-state index >= 15 is 0 Å². The average molecular weight is 362 g/mol. The van der Waals surface area contributed by atoms with Crippen molar-refractivity contribution in [3.63, 3.8) is 0 Å². The predicted octanol–water partition coefficient (Wildman–Crippen LogP) is 0.554. The molecule has 2 aromatic heterocycles. The molecule has 1 saturated heterocycles. The van der Waals surface area contributed by atoms with Crippen molar-refractivity contribution in [3.8, 4) is 0 Å². The zero-order valence-electron chi connectivity index (χ0n) is 13.0. The fraction of sp³-hybridized carbons (Fsp3) is 0.615. The van der Waals surface area contributed by atoms with Crippen LogP contribution in [0.5, 0.6) is 0 Å². The molecule has 3 heterocycles. The van der Waals surface area contributed by atoms with Gasteiger partial charge in [-0.25, -0.2) is 15.0 Å². The molecule has 1 aliphatic rings. The minimum atomic E-state index is -1.41. The van der Waals surface area contributed by atoms with E-state index in [0.29, 0.717) is 22.7 Å². The highest BCUT2D eigenvalue weighted by atomic mass is 35.7. The number of ether oxygens (including phenoxy) is 1. The molecule has 3 rings (SSSR count). The number of nitrogens with zero attached hydrogens (tertiary/aromatic N) is 4. The molecule has 2 aromatic rings. The summed E-state index contributed by atoms with van der Waals surface area (Å²) in [5.74, 6) is 1.31. The number of fused-ring (bicyclic) bond motifs is 1. The van der Waals surface area contributed by atoms with Crippen LogP contribution in [0.3, 0.4) is 0 Å². The van der Waals surface area contributed by atoms with Gasteiger partial charge in [-0.2, -0.15) is 9.24 Å². The number of aromatic nitrogens is 4. The molecular formula is C13H20ClN5O3S. The van der Waals surface area contributed by atoms with Crippen LogP contribution >= 0.6 is 19.9 Å². The quantitative estimate of drug-likeness (QED) is 0.730. The number of rotatable bonds is 3. The maximum Gasteiger partial charge on any atom is 0.167 e. The molecule has 0 aromatic carbocycles. The van der Waals surface area contributed by atoms with E-state index < -0.39 is 33.8 Å². The van der Waals surface area contributed by atoms with Crippen LogP contribution in [-0.4, -0.2) is 66.3 Å². The molecule has 4 atom stereocenters. The molecule has 23 heavy (non-hydrogen) atoms. The van der Waals surface area contributed by atoms with Crippen molar-refractivity contribution in [3.05, 3.63) is 12.2 Å². The van der Waals surface area contributed by atoms with Gasteiger partial charge in [0.05, 0.1) is 6.10 Å². The lowest BCUT2D eigenvalue weighted by molar-refractivity contribution is -0.0301. The molecule has 10 heteroatoms. The molecule has 4 N–H and O–H groups in total. The summed E-state index contributed by atoms with van der Waals surface area (Å²) in [7, 11) is 4.89. The molecule has 0 radical (unpaired) electrons. The van der Waals surface area contributed by atoms with Gasteiger partial charge in [0.15, 0.2) is 23.2 Å². The molecule has 0 unspecified atom stereocenters. The number of nitrogens with two attached hydrogens (primary N) is 1. The summed E-state index contributed by atoms with van der Waals surface area (Å²) in [6.45, 7) is 1.76. The maximum absolute atomic E-state index is 10.4. The number of aliphatic hydroxyl groups excluding tert-OH is 2. The van der Waals surface area contributed by atoms with E-state index in [-0.39, 0.29) is 5.82 Å². The first kappa shape index (κ1) is 16.7. The second-order valence-corrected chi connectivity index (χ2v) is 11.7. The largest absolute Gasteiger partial charge is 0.387 e. The minimum absolute atomic E-state index is 0.257. The van der Waals surface area contributed by atoms with Crippen LogP contribution in [0.15, 0.2) is 6.33 Å². The van der Waals surface area contributed by atoms with E-state index in [9.17, 15) is 10.2 Å². The summed E-state index contributed by atoms with van der Waals surface area (Å²) in [5.41, 5.74) is 6.72. The fourth-order valence-electron chi connectivity index (χ4n) is 2.81. The number of aliphatic hydroxyl groups is 2. The molecule has 1 fully saturated rings. The summed E-state index contributed by atoms with van der Waals surface area (Å²) in [4.78, 5) is 12.4. The molecule has 0 saturated carbocycles. The van der Waals surface area contributed by atoms with E-state index in [1.165, 1.54) is 6.33 Å². The third kappa shape index (κ3) is 2.99. The molecule has 8 nitrogen and oxygen atoms in total. The maximum atomic E-state index is 10.4. The van der Waals surface area contributed by atoms with Crippen molar-refractivity contribution >= 4 is 36.9 Å². The van der Waals surface area contributed by atoms with Gasteiger partial charge in [-0.1, -0.05) is 10.7 Å². The number of hydrogen-bond donors (Lipinski definition) is 3. The SMILES string of the molecule is Cc1nc2c(N)ncnc2n1[C@@H]1O[C@H](CS(C)(C)Cl)[C@@H](O)[C@H]1O. The molecule has 0 aliphatic carbocycles. The Bertz CT molecular complexity index is 734. The summed E-state index contributed by atoms with van der Waals surface area (Å²) >= 11 is 0. The Morgan fingerprint density at radius 3 is 2.70 bits per heavy atom. The fourth-order valence-corrected chi connectivity index (χ4v) is 4.24. The van der Waals surface area contributed by atoms with Crippen molar-refractivity contribution in [1.29, 1.82) is 0 Å². The predicted molar refractivity (Wildman–Crippen MR) is 90.6 cm³/mol. The van der Waals surface area contributed by atoms with E-state index in [1.54, 1.807) is 11.5 Å². The Morgan fingerprint density at radius 1 is 1.35 bits per heavy atom. The van der Waals surface area contributed by atoms with Crippen molar-refractivity contribution in [2.75, 3.05) is 24.0 Å². The molecule has 1 aliphatic heterocycles. The number of aryl methyl sites for hydroxylation is 1. The van der Waals surface area contributed by atoms with E-state index in [2.05, 4.69) is 15.0 Å². The van der Waals surface area contributed by atoms with Crippen molar-refractivity contribution in [1.82, 2.24) is 19.5 Å². The van der Waals surface area contributed by atoms with Crippen molar-refractivity contribution in [2.24, 2.45) is 0 Å². The Hall–Kier alpha value is -1.13. The molecule has 0 spiro atoms. The smallest absolute Gasteiger partial charge is 0.167 e. The lowest BCUT2D eigenvalue weighted by Gasteiger charge is -2.27. The molecule has 0 amide bonds. The van der Waals surface area contributed by atoms with Gasteiger partial charge in [0.25, 0.3) is 0 Å². The van der Waals surface area contributed by atoms with Crippen LogP contribution in [0.25, 0.3) is 11.2 Å². The molecular weight excluding hydrogens is 342 g/mol. The number of anilines is 1. The Morgan fingerprint density at radius 2 is 2.04 bits per heavy atom. The molecule has 128 valence electrons. The summed E-state index contributed by atoms with van der Waals surface area (Å²) in [6.07, 6.45) is 1.68. The standard InChI is InChI=1S/C13H20ClN5O3S/c1-6-18-8-11(15)16-5-17-12(8)19(6)13-10(21)9(20)7(22-13)4-23(2,3)14/h5,7,9-10,13,20-21H,4H2,1-3H3,(H2,15,16,17)/t7-,9-,10-,13-/m1/s1. The first-order valence-electron chi connectivity index (χ1n) is 7.06. The normalized spacial score (nSPS) is 29.3. The van der Waals surface area contributed by atoms with Gasteiger partial charge < -0.3 is 20.7 Å². The first-order valence-corrected chi connectivity index (χ1v) is 10.5. The van der Waals surface area contributed by atoms with Crippen LogP contribution < -0.4 is 5.73 Å². The highest BCUT2D eigenvalue weighted by molar-refractivity contribution is 8.50. The molecule has 0 bridgehead atoms. The zero-order valence-corrected chi connectivity index (χ0v) is 14.6. The Labute approximate surface area is 139 Å². The monoisotopic (exact) mass is 361 g/mol. The van der Waals surface area contributed by atoms with E-state index in [4.69, 9.17) is 21.2 Å². The van der Waals surface area contributed by atoms with Crippen molar-refractivity contribution in [2.45, 2.75) is 31.5 Å². The third-order valence-electron chi connectivity index (χ3n) is 3.83. The van der Waals surface area contributed by atoms with Gasteiger partial charge in [-0.15, -0.1) is 0 Å². The highest BCUT2D eigenvalue weighted by Crippen LogP contribution is 2.48. The van der Waals surface area contributed by atoms with E-state index in [0.717, 1.165) is 0 Å². The second-order valence-electron chi connectivity index (χ2n) is 6.08. The minimum Gasteiger partial charge on any atom is -0.387 e. The number of halogens is 1. The lowest BCUT2D eigenvalue weighted by atomic mass is 10.1. The summed E-state index contributed by atoms with van der Waals surface area (Å²) in [6, 6.07) is 0. The van der Waals surface area contributed by atoms with Crippen LogP contribution in [0, 0.1) is 6.92 Å². The van der Waals surface area contributed by atoms with Gasteiger partial charge in [0.2, 0.25) is 0 Å². The average Bonchev–Trinajstić information content (AvgIpc) is 2.90. The Kier molecular flexibility index (Phi) is 4.18. The van der Waals surface area contributed by atoms with Crippen molar-refractivity contribution < 1.29 is 14.9 Å². The van der Waals surface area contributed by atoms with Gasteiger partial charge in [-0.05, 0) is 19.4 Å². The zero-order chi connectivity index (χ0) is 16.9. The summed E-state index contributed by atoms with van der Waals surface area (Å²) < 4.78 is 7.53. The third-order valence-corrected chi connectivity index (χ3v) is 5.33. The summed E-state index contributed by atoms with van der Waals surface area (Å²) in [5, 5.41) is 20.7. The first-order chi connectivity index (χ1) is 10.7. The van der Waals surface area contributed by atoms with Gasteiger partial charge in [-0.3, -0.25) is 4.57 Å².